The second kappa shape index (κ2) is 8.19. The van der Waals surface area contributed by atoms with E-state index in [1.807, 2.05) is 30.3 Å². The molecule has 2 fully saturated rings. The van der Waals surface area contributed by atoms with Gasteiger partial charge in [0.15, 0.2) is 6.61 Å². The van der Waals surface area contributed by atoms with Crippen molar-refractivity contribution in [1.82, 2.24) is 10.2 Å². The minimum Gasteiger partial charge on any atom is -0.440 e. The molecule has 2 aliphatic rings. The van der Waals surface area contributed by atoms with Gasteiger partial charge in [0.2, 0.25) is 5.91 Å². The number of likely N-dealkylation sites (tertiary alicyclic amines) is 1. The lowest BCUT2D eigenvalue weighted by Gasteiger charge is -2.31. The third kappa shape index (κ3) is 5.61. The number of carbonyl (C=O) groups is 2. The molecular formula is C19H23F3N2O3. The number of nitrogens with one attached hydrogen (secondary N) is 1. The van der Waals surface area contributed by atoms with E-state index in [1.165, 1.54) is 4.90 Å². The van der Waals surface area contributed by atoms with Crippen molar-refractivity contribution in [2.45, 2.75) is 37.9 Å². The van der Waals surface area contributed by atoms with Gasteiger partial charge in [-0.1, -0.05) is 30.3 Å². The number of halogens is 3. The SMILES string of the molecule is O=C(NC(c1ccccc1)C1CC1)C1CCN(C(=O)OCC(F)(F)F)CC1. The van der Waals surface area contributed by atoms with Crippen molar-refractivity contribution in [2.24, 2.45) is 11.8 Å². The van der Waals surface area contributed by atoms with Gasteiger partial charge in [-0.15, -0.1) is 0 Å². The summed E-state index contributed by atoms with van der Waals surface area (Å²) in [4.78, 5) is 25.6. The van der Waals surface area contributed by atoms with Crippen molar-refractivity contribution in [2.75, 3.05) is 19.7 Å². The van der Waals surface area contributed by atoms with Crippen molar-refractivity contribution in [3.05, 3.63) is 35.9 Å². The lowest BCUT2D eigenvalue weighted by atomic mass is 9.94. The van der Waals surface area contributed by atoms with Gasteiger partial charge in [-0.25, -0.2) is 4.79 Å². The number of benzene rings is 1. The van der Waals surface area contributed by atoms with Gasteiger partial charge in [0, 0.05) is 19.0 Å². The fourth-order valence-electron chi connectivity index (χ4n) is 3.39. The molecule has 1 unspecified atom stereocenters. The summed E-state index contributed by atoms with van der Waals surface area (Å²) < 4.78 is 40.7. The van der Waals surface area contributed by atoms with Gasteiger partial charge >= 0.3 is 12.3 Å². The maximum absolute atomic E-state index is 12.7. The van der Waals surface area contributed by atoms with Gasteiger partial charge in [0.1, 0.15) is 0 Å². The number of hydrogen-bond donors (Lipinski definition) is 1. The fraction of sp³-hybridized carbons (Fsp3) is 0.579. The molecule has 1 aromatic carbocycles. The Hall–Kier alpha value is -2.25. The minimum atomic E-state index is -4.54. The Morgan fingerprint density at radius 1 is 1.11 bits per heavy atom. The average molecular weight is 384 g/mol. The molecule has 1 aliphatic heterocycles. The van der Waals surface area contributed by atoms with Gasteiger partial charge in [0.05, 0.1) is 6.04 Å². The molecule has 1 aliphatic carbocycles. The first-order chi connectivity index (χ1) is 12.8. The molecule has 1 aromatic rings. The van der Waals surface area contributed by atoms with Crippen molar-refractivity contribution in [1.29, 1.82) is 0 Å². The number of piperidine rings is 1. The molecule has 8 heteroatoms. The molecule has 0 aromatic heterocycles. The van der Waals surface area contributed by atoms with Crippen LogP contribution in [0.2, 0.25) is 0 Å². The van der Waals surface area contributed by atoms with Crippen LogP contribution in [0.4, 0.5) is 18.0 Å². The second-order valence-electron chi connectivity index (χ2n) is 7.17. The fourth-order valence-corrected chi connectivity index (χ4v) is 3.39. The smallest absolute Gasteiger partial charge is 0.422 e. The Kier molecular flexibility index (Phi) is 5.92. The predicted octanol–water partition coefficient (Wildman–Crippen LogP) is 3.66. The summed E-state index contributed by atoms with van der Waals surface area (Å²) >= 11 is 0. The second-order valence-corrected chi connectivity index (χ2v) is 7.17. The number of nitrogens with zero attached hydrogens (tertiary/aromatic N) is 1. The quantitative estimate of drug-likeness (QED) is 0.843. The molecular weight excluding hydrogens is 361 g/mol. The van der Waals surface area contributed by atoms with Crippen LogP contribution in [0.1, 0.15) is 37.3 Å². The Morgan fingerprint density at radius 2 is 1.74 bits per heavy atom. The number of amides is 2. The van der Waals surface area contributed by atoms with Gasteiger partial charge in [-0.3, -0.25) is 4.79 Å². The number of ether oxygens (including phenoxy) is 1. The summed E-state index contributed by atoms with van der Waals surface area (Å²) in [5.41, 5.74) is 1.08. The van der Waals surface area contributed by atoms with Crippen molar-refractivity contribution >= 4 is 12.0 Å². The molecule has 1 saturated carbocycles. The van der Waals surface area contributed by atoms with Crippen molar-refractivity contribution in [3.8, 4) is 0 Å². The van der Waals surface area contributed by atoms with Crippen LogP contribution >= 0.6 is 0 Å². The zero-order valence-corrected chi connectivity index (χ0v) is 14.9. The first-order valence-corrected chi connectivity index (χ1v) is 9.17. The Balaban J connectivity index is 1.49. The highest BCUT2D eigenvalue weighted by molar-refractivity contribution is 5.79. The van der Waals surface area contributed by atoms with E-state index in [4.69, 9.17) is 0 Å². The van der Waals surface area contributed by atoms with E-state index in [9.17, 15) is 22.8 Å². The van der Waals surface area contributed by atoms with E-state index < -0.39 is 18.9 Å². The highest BCUT2D eigenvalue weighted by Crippen LogP contribution is 2.41. The molecule has 148 valence electrons. The minimum absolute atomic E-state index is 0.00604. The summed E-state index contributed by atoms with van der Waals surface area (Å²) in [5.74, 6) is 0.148. The van der Waals surface area contributed by atoms with E-state index in [1.54, 1.807) is 0 Å². The van der Waals surface area contributed by atoms with Crippen LogP contribution in [0.3, 0.4) is 0 Å². The Bertz CT molecular complexity index is 654. The first kappa shape index (κ1) is 19.5. The molecule has 3 rings (SSSR count). The highest BCUT2D eigenvalue weighted by Gasteiger charge is 2.36. The lowest BCUT2D eigenvalue weighted by Crippen LogP contribution is -2.44. The average Bonchev–Trinajstić information content (AvgIpc) is 3.49. The van der Waals surface area contributed by atoms with E-state index in [-0.39, 0.29) is 31.0 Å². The number of hydrogen-bond acceptors (Lipinski definition) is 3. The molecule has 1 atom stereocenters. The number of alkyl halides is 3. The van der Waals surface area contributed by atoms with E-state index in [0.29, 0.717) is 18.8 Å². The summed E-state index contributed by atoms with van der Waals surface area (Å²) in [6.07, 6.45) is -2.51. The molecule has 2 amide bonds. The molecule has 0 spiro atoms. The summed E-state index contributed by atoms with van der Waals surface area (Å²) in [7, 11) is 0. The van der Waals surface area contributed by atoms with E-state index >= 15 is 0 Å². The van der Waals surface area contributed by atoms with Crippen molar-refractivity contribution in [3.63, 3.8) is 0 Å². The van der Waals surface area contributed by atoms with Crippen LogP contribution in [0.5, 0.6) is 0 Å². The Morgan fingerprint density at radius 3 is 2.30 bits per heavy atom. The third-order valence-corrected chi connectivity index (χ3v) is 5.03. The molecule has 1 heterocycles. The first-order valence-electron chi connectivity index (χ1n) is 9.17. The molecule has 27 heavy (non-hydrogen) atoms. The topological polar surface area (TPSA) is 58.6 Å². The molecule has 1 N–H and O–H groups in total. The van der Waals surface area contributed by atoms with Crippen LogP contribution in [-0.4, -0.2) is 42.8 Å². The van der Waals surface area contributed by atoms with Gasteiger partial charge in [-0.05, 0) is 37.2 Å². The van der Waals surface area contributed by atoms with Gasteiger partial charge < -0.3 is 15.0 Å². The predicted molar refractivity (Wildman–Crippen MR) is 91.7 cm³/mol. The van der Waals surface area contributed by atoms with Gasteiger partial charge in [-0.2, -0.15) is 13.2 Å². The van der Waals surface area contributed by atoms with Crippen LogP contribution in [0.15, 0.2) is 30.3 Å². The van der Waals surface area contributed by atoms with Gasteiger partial charge in [0.25, 0.3) is 0 Å². The van der Waals surface area contributed by atoms with Crippen LogP contribution < -0.4 is 5.32 Å². The highest BCUT2D eigenvalue weighted by atomic mass is 19.4. The lowest BCUT2D eigenvalue weighted by molar-refractivity contribution is -0.162. The largest absolute Gasteiger partial charge is 0.440 e. The van der Waals surface area contributed by atoms with Crippen LogP contribution in [-0.2, 0) is 9.53 Å². The number of carbonyl (C=O) groups excluding carboxylic acids is 2. The standard InChI is InChI=1S/C19H23F3N2O3/c20-19(21,22)12-27-18(26)24-10-8-15(9-11-24)17(25)23-16(14-6-7-14)13-4-2-1-3-5-13/h1-5,14-16H,6-12H2,(H,23,25). The maximum atomic E-state index is 12.7. The molecule has 5 nitrogen and oxygen atoms in total. The van der Waals surface area contributed by atoms with Crippen molar-refractivity contribution < 1.29 is 27.5 Å². The maximum Gasteiger partial charge on any atom is 0.422 e. The third-order valence-electron chi connectivity index (χ3n) is 5.03. The zero-order valence-electron chi connectivity index (χ0n) is 14.9. The molecule has 0 radical (unpaired) electrons. The normalized spacial score (nSPS) is 19.4. The van der Waals surface area contributed by atoms with E-state index in [2.05, 4.69) is 10.1 Å². The van der Waals surface area contributed by atoms with Crippen LogP contribution in [0.25, 0.3) is 0 Å². The monoisotopic (exact) mass is 384 g/mol. The van der Waals surface area contributed by atoms with Crippen LogP contribution in [0, 0.1) is 11.8 Å². The Labute approximate surface area is 155 Å². The summed E-state index contributed by atoms with van der Waals surface area (Å²) in [6, 6.07) is 9.83. The molecule has 1 saturated heterocycles. The van der Waals surface area contributed by atoms with E-state index in [0.717, 1.165) is 18.4 Å². The number of rotatable bonds is 5. The summed E-state index contributed by atoms with van der Waals surface area (Å²) in [5, 5.41) is 3.13. The zero-order chi connectivity index (χ0) is 19.4. The summed E-state index contributed by atoms with van der Waals surface area (Å²) in [6.45, 7) is -1.16. The molecule has 0 bridgehead atoms.